The molecule has 2 nitrogen and oxygen atoms in total. The standard InChI is InChI=1S/C12H26N2.2ClH/c1-3-4-9-14(2)10-7-12-6-5-8-13-11-12;;/h12-13H,3-11H2,1-2H3;2*1H. The molecule has 1 heterocycles. The van der Waals surface area contributed by atoms with Gasteiger partial charge in [-0.25, -0.2) is 0 Å². The van der Waals surface area contributed by atoms with Crippen LogP contribution in [0, 0.1) is 5.92 Å². The fraction of sp³-hybridized carbons (Fsp3) is 1.00. The van der Waals surface area contributed by atoms with Gasteiger partial charge in [0.05, 0.1) is 0 Å². The van der Waals surface area contributed by atoms with E-state index < -0.39 is 0 Å². The Morgan fingerprint density at radius 3 is 2.56 bits per heavy atom. The van der Waals surface area contributed by atoms with Crippen molar-refractivity contribution in [1.82, 2.24) is 10.2 Å². The van der Waals surface area contributed by atoms with Gasteiger partial charge < -0.3 is 10.2 Å². The molecule has 0 saturated carbocycles. The van der Waals surface area contributed by atoms with E-state index in [1.165, 1.54) is 58.3 Å². The third-order valence-corrected chi connectivity index (χ3v) is 3.21. The van der Waals surface area contributed by atoms with Crippen LogP contribution in [0.15, 0.2) is 0 Å². The van der Waals surface area contributed by atoms with Gasteiger partial charge in [0.25, 0.3) is 0 Å². The molecule has 1 unspecified atom stereocenters. The van der Waals surface area contributed by atoms with Crippen molar-refractivity contribution >= 4 is 24.8 Å². The highest BCUT2D eigenvalue weighted by Crippen LogP contribution is 2.14. The molecule has 1 atom stereocenters. The highest BCUT2D eigenvalue weighted by atomic mass is 35.5. The highest BCUT2D eigenvalue weighted by Gasteiger charge is 2.12. The summed E-state index contributed by atoms with van der Waals surface area (Å²) in [6, 6.07) is 0. The smallest absolute Gasteiger partial charge is 0.00187 e. The zero-order chi connectivity index (χ0) is 10.2. The first-order valence-corrected chi connectivity index (χ1v) is 6.22. The second kappa shape index (κ2) is 12.0. The molecule has 1 fully saturated rings. The first kappa shape index (κ1) is 18.9. The van der Waals surface area contributed by atoms with Crippen LogP contribution in [-0.4, -0.2) is 38.1 Å². The van der Waals surface area contributed by atoms with E-state index in [4.69, 9.17) is 0 Å². The van der Waals surface area contributed by atoms with E-state index in [0.717, 1.165) is 5.92 Å². The summed E-state index contributed by atoms with van der Waals surface area (Å²) in [7, 11) is 2.26. The Labute approximate surface area is 113 Å². The lowest BCUT2D eigenvalue weighted by atomic mass is 9.96. The van der Waals surface area contributed by atoms with Crippen molar-refractivity contribution in [3.63, 3.8) is 0 Å². The molecule has 0 amide bonds. The van der Waals surface area contributed by atoms with Crippen molar-refractivity contribution in [2.45, 2.75) is 39.0 Å². The molecule has 1 aliphatic rings. The van der Waals surface area contributed by atoms with Crippen molar-refractivity contribution in [3.05, 3.63) is 0 Å². The molecular formula is C12H28Cl2N2. The minimum Gasteiger partial charge on any atom is -0.316 e. The van der Waals surface area contributed by atoms with Crippen molar-refractivity contribution in [3.8, 4) is 0 Å². The molecule has 100 valence electrons. The van der Waals surface area contributed by atoms with Crippen molar-refractivity contribution in [2.75, 3.05) is 33.2 Å². The summed E-state index contributed by atoms with van der Waals surface area (Å²) in [6.07, 6.45) is 6.86. The van der Waals surface area contributed by atoms with E-state index in [1.807, 2.05) is 0 Å². The van der Waals surface area contributed by atoms with Crippen LogP contribution in [0.4, 0.5) is 0 Å². The Morgan fingerprint density at radius 1 is 1.25 bits per heavy atom. The minimum atomic E-state index is 0. The number of unbranched alkanes of at least 4 members (excludes halogenated alkanes) is 1. The van der Waals surface area contributed by atoms with Crippen molar-refractivity contribution in [2.24, 2.45) is 5.92 Å². The molecule has 1 saturated heterocycles. The van der Waals surface area contributed by atoms with E-state index in [0.29, 0.717) is 0 Å². The third-order valence-electron chi connectivity index (χ3n) is 3.21. The third kappa shape index (κ3) is 8.63. The van der Waals surface area contributed by atoms with Crippen LogP contribution in [0.3, 0.4) is 0 Å². The molecule has 0 spiro atoms. The molecule has 0 radical (unpaired) electrons. The summed E-state index contributed by atoms with van der Waals surface area (Å²) < 4.78 is 0. The number of hydrogen-bond donors (Lipinski definition) is 1. The van der Waals surface area contributed by atoms with Gasteiger partial charge >= 0.3 is 0 Å². The summed E-state index contributed by atoms with van der Waals surface area (Å²) >= 11 is 0. The van der Waals surface area contributed by atoms with Crippen molar-refractivity contribution < 1.29 is 0 Å². The molecule has 0 aromatic rings. The van der Waals surface area contributed by atoms with Gasteiger partial charge in [0.2, 0.25) is 0 Å². The molecule has 0 aromatic heterocycles. The van der Waals surface area contributed by atoms with Gasteiger partial charge in [-0.15, -0.1) is 24.8 Å². The second-order valence-corrected chi connectivity index (χ2v) is 4.66. The first-order valence-electron chi connectivity index (χ1n) is 6.22. The average Bonchev–Trinajstić information content (AvgIpc) is 2.25. The summed E-state index contributed by atoms with van der Waals surface area (Å²) in [5.74, 6) is 0.938. The molecule has 4 heteroatoms. The van der Waals surface area contributed by atoms with E-state index in [1.54, 1.807) is 0 Å². The predicted molar refractivity (Wildman–Crippen MR) is 77.1 cm³/mol. The fourth-order valence-electron chi connectivity index (χ4n) is 2.11. The van der Waals surface area contributed by atoms with E-state index >= 15 is 0 Å². The summed E-state index contributed by atoms with van der Waals surface area (Å²) in [5, 5.41) is 3.48. The number of hydrogen-bond acceptors (Lipinski definition) is 2. The molecule has 1 N–H and O–H groups in total. The quantitative estimate of drug-likeness (QED) is 0.799. The Kier molecular flexibility index (Phi) is 14.1. The highest BCUT2D eigenvalue weighted by molar-refractivity contribution is 5.85. The fourth-order valence-corrected chi connectivity index (χ4v) is 2.11. The zero-order valence-electron chi connectivity index (χ0n) is 10.7. The molecule has 1 rings (SSSR count). The summed E-state index contributed by atoms with van der Waals surface area (Å²) in [6.45, 7) is 7.31. The van der Waals surface area contributed by atoms with Crippen LogP contribution >= 0.6 is 24.8 Å². The number of nitrogens with zero attached hydrogens (tertiary/aromatic N) is 1. The largest absolute Gasteiger partial charge is 0.316 e. The predicted octanol–water partition coefficient (Wildman–Crippen LogP) is 2.95. The van der Waals surface area contributed by atoms with Crippen LogP contribution in [0.2, 0.25) is 0 Å². The maximum absolute atomic E-state index is 3.48. The SMILES string of the molecule is CCCCN(C)CCC1CCCNC1.Cl.Cl. The average molecular weight is 271 g/mol. The first-order chi connectivity index (χ1) is 6.83. The number of rotatable bonds is 6. The lowest BCUT2D eigenvalue weighted by molar-refractivity contribution is 0.271. The van der Waals surface area contributed by atoms with Gasteiger partial charge in [0.1, 0.15) is 0 Å². The maximum Gasteiger partial charge on any atom is -0.00187 e. The van der Waals surface area contributed by atoms with E-state index in [-0.39, 0.29) is 24.8 Å². The van der Waals surface area contributed by atoms with Gasteiger partial charge in [-0.3, -0.25) is 0 Å². The maximum atomic E-state index is 3.48. The summed E-state index contributed by atoms with van der Waals surface area (Å²) in [5.41, 5.74) is 0. The van der Waals surface area contributed by atoms with Gasteiger partial charge in [0, 0.05) is 0 Å². The molecule has 16 heavy (non-hydrogen) atoms. The van der Waals surface area contributed by atoms with Crippen LogP contribution < -0.4 is 5.32 Å². The monoisotopic (exact) mass is 270 g/mol. The van der Waals surface area contributed by atoms with Crippen LogP contribution in [0.5, 0.6) is 0 Å². The lowest BCUT2D eigenvalue weighted by Crippen LogP contribution is -2.32. The number of piperidine rings is 1. The number of halogens is 2. The molecule has 0 aliphatic carbocycles. The molecule has 0 aromatic carbocycles. The van der Waals surface area contributed by atoms with Gasteiger partial charge in [-0.05, 0) is 64.8 Å². The van der Waals surface area contributed by atoms with E-state index in [2.05, 4.69) is 24.2 Å². The normalized spacial score (nSPS) is 20.1. The Bertz CT molecular complexity index is 139. The lowest BCUT2D eigenvalue weighted by Gasteiger charge is -2.25. The molecule has 1 aliphatic heterocycles. The van der Waals surface area contributed by atoms with Crippen LogP contribution in [0.1, 0.15) is 39.0 Å². The number of nitrogens with one attached hydrogen (secondary N) is 1. The Morgan fingerprint density at radius 2 is 2.00 bits per heavy atom. The van der Waals surface area contributed by atoms with Crippen LogP contribution in [-0.2, 0) is 0 Å². The van der Waals surface area contributed by atoms with Gasteiger partial charge in [-0.2, -0.15) is 0 Å². The Balaban J connectivity index is 0. The van der Waals surface area contributed by atoms with Crippen molar-refractivity contribution in [1.29, 1.82) is 0 Å². The van der Waals surface area contributed by atoms with Crippen LogP contribution in [0.25, 0.3) is 0 Å². The second-order valence-electron chi connectivity index (χ2n) is 4.66. The molecular weight excluding hydrogens is 243 g/mol. The topological polar surface area (TPSA) is 15.3 Å². The van der Waals surface area contributed by atoms with E-state index in [9.17, 15) is 0 Å². The molecule has 0 bridgehead atoms. The Hall–Kier alpha value is 0.500. The summed E-state index contributed by atoms with van der Waals surface area (Å²) in [4.78, 5) is 2.48. The van der Waals surface area contributed by atoms with Gasteiger partial charge in [-0.1, -0.05) is 13.3 Å². The minimum absolute atomic E-state index is 0. The van der Waals surface area contributed by atoms with Gasteiger partial charge in [0.15, 0.2) is 0 Å². The zero-order valence-corrected chi connectivity index (χ0v) is 12.3.